The molecule has 1 N–H and O–H groups in total. The second kappa shape index (κ2) is 6.48. The van der Waals surface area contributed by atoms with E-state index in [1.54, 1.807) is 24.7 Å². The van der Waals surface area contributed by atoms with Gasteiger partial charge in [0.05, 0.1) is 29.3 Å². The van der Waals surface area contributed by atoms with Gasteiger partial charge in [0, 0.05) is 22.6 Å². The molecule has 3 heterocycles. The van der Waals surface area contributed by atoms with E-state index >= 15 is 0 Å². The molecular formula is C16H15BrN6O. The first kappa shape index (κ1) is 16.3. The molecule has 0 saturated carbocycles. The third-order valence-corrected chi connectivity index (χ3v) is 4.01. The predicted octanol–water partition coefficient (Wildman–Crippen LogP) is 3.00. The molecule has 3 aromatic rings. The van der Waals surface area contributed by atoms with Gasteiger partial charge in [0.1, 0.15) is 5.82 Å². The molecule has 0 aliphatic carbocycles. The fraction of sp³-hybridized carbons (Fsp3) is 0.188. The first-order valence-electron chi connectivity index (χ1n) is 7.22. The van der Waals surface area contributed by atoms with Crippen LogP contribution in [0.5, 0.6) is 0 Å². The number of carbonyl (C=O) groups is 1. The van der Waals surface area contributed by atoms with Crippen LogP contribution in [0.15, 0.2) is 35.3 Å². The maximum Gasteiger partial charge on any atom is 0.257 e. The van der Waals surface area contributed by atoms with E-state index in [-0.39, 0.29) is 5.91 Å². The number of nitrogens with zero attached hydrogens (tertiary/aromatic N) is 5. The van der Waals surface area contributed by atoms with E-state index in [9.17, 15) is 4.79 Å². The minimum atomic E-state index is -0.272. The summed E-state index contributed by atoms with van der Waals surface area (Å²) >= 11 is 3.29. The molecule has 0 unspecified atom stereocenters. The van der Waals surface area contributed by atoms with Crippen LogP contribution < -0.4 is 5.32 Å². The summed E-state index contributed by atoms with van der Waals surface area (Å²) < 4.78 is 2.61. The number of pyridine rings is 1. The average Bonchev–Trinajstić information content (AvgIpc) is 2.81. The third-order valence-electron chi connectivity index (χ3n) is 3.58. The highest BCUT2D eigenvalue weighted by Gasteiger charge is 2.12. The Balaban J connectivity index is 1.81. The van der Waals surface area contributed by atoms with Gasteiger partial charge >= 0.3 is 0 Å². The number of rotatable bonds is 3. The molecule has 7 nitrogen and oxygen atoms in total. The van der Waals surface area contributed by atoms with Gasteiger partial charge in [0.2, 0.25) is 5.95 Å². The van der Waals surface area contributed by atoms with E-state index in [2.05, 4.69) is 41.2 Å². The van der Waals surface area contributed by atoms with E-state index in [0.717, 1.165) is 21.7 Å². The number of hydrogen-bond acceptors (Lipinski definition) is 5. The number of halogens is 1. The van der Waals surface area contributed by atoms with Crippen LogP contribution >= 0.6 is 15.9 Å². The van der Waals surface area contributed by atoms with Crippen molar-refractivity contribution in [2.75, 3.05) is 5.32 Å². The van der Waals surface area contributed by atoms with Crippen LogP contribution in [-0.4, -0.2) is 30.4 Å². The lowest BCUT2D eigenvalue weighted by atomic mass is 10.2. The van der Waals surface area contributed by atoms with Crippen LogP contribution in [0.2, 0.25) is 0 Å². The summed E-state index contributed by atoms with van der Waals surface area (Å²) in [7, 11) is 0. The standard InChI is InChI=1S/C16H15BrN6O/c1-9-10(2)23(11(3)21-9)16-19-7-14(8-20-16)22-15(24)12-4-13(17)6-18-5-12/h4-8H,1-3H3,(H,22,24). The van der Waals surface area contributed by atoms with Crippen LogP contribution in [0.25, 0.3) is 5.95 Å². The van der Waals surface area contributed by atoms with Gasteiger partial charge in [-0.2, -0.15) is 0 Å². The highest BCUT2D eigenvalue weighted by Crippen LogP contribution is 2.16. The summed E-state index contributed by atoms with van der Waals surface area (Å²) in [5, 5.41) is 2.75. The zero-order valence-corrected chi connectivity index (χ0v) is 15.0. The SMILES string of the molecule is Cc1nc(C)n(-c2ncc(NC(=O)c3cncc(Br)c3)cn2)c1C. The van der Waals surface area contributed by atoms with Crippen LogP contribution in [0.1, 0.15) is 27.6 Å². The molecule has 0 aliphatic heterocycles. The minimum absolute atomic E-state index is 0.272. The van der Waals surface area contributed by atoms with Crippen molar-refractivity contribution < 1.29 is 4.79 Å². The highest BCUT2D eigenvalue weighted by atomic mass is 79.9. The summed E-state index contributed by atoms with van der Waals surface area (Å²) in [6.45, 7) is 5.81. The van der Waals surface area contributed by atoms with Crippen molar-refractivity contribution >= 4 is 27.5 Å². The lowest BCUT2D eigenvalue weighted by Gasteiger charge is -2.08. The molecular weight excluding hydrogens is 372 g/mol. The summed E-state index contributed by atoms with van der Waals surface area (Å²) in [6.07, 6.45) is 6.25. The number of amides is 1. The third kappa shape index (κ3) is 3.18. The molecule has 24 heavy (non-hydrogen) atoms. The topological polar surface area (TPSA) is 85.6 Å². The number of aryl methyl sites for hydroxylation is 2. The summed E-state index contributed by atoms with van der Waals surface area (Å²) in [4.78, 5) is 29.2. The van der Waals surface area contributed by atoms with Crippen LogP contribution in [0.3, 0.4) is 0 Å². The molecule has 0 atom stereocenters. The highest BCUT2D eigenvalue weighted by molar-refractivity contribution is 9.10. The Hall–Kier alpha value is -2.61. The van der Waals surface area contributed by atoms with Gasteiger partial charge in [-0.25, -0.2) is 15.0 Å². The zero-order valence-electron chi connectivity index (χ0n) is 13.4. The van der Waals surface area contributed by atoms with Crippen LogP contribution in [-0.2, 0) is 0 Å². The van der Waals surface area contributed by atoms with Gasteiger partial charge in [-0.05, 0) is 42.8 Å². The second-order valence-electron chi connectivity index (χ2n) is 5.28. The molecule has 3 rings (SSSR count). The number of aromatic nitrogens is 5. The van der Waals surface area contributed by atoms with Gasteiger partial charge in [-0.3, -0.25) is 14.3 Å². The molecule has 0 aromatic carbocycles. The van der Waals surface area contributed by atoms with Crippen LogP contribution in [0.4, 0.5) is 5.69 Å². The van der Waals surface area contributed by atoms with Crippen molar-refractivity contribution in [2.45, 2.75) is 20.8 Å². The van der Waals surface area contributed by atoms with Gasteiger partial charge in [0.25, 0.3) is 5.91 Å². The Morgan fingerprint density at radius 1 is 1.12 bits per heavy atom. The molecule has 3 aromatic heterocycles. The number of imidazole rings is 1. The van der Waals surface area contributed by atoms with E-state index in [0.29, 0.717) is 17.2 Å². The van der Waals surface area contributed by atoms with Gasteiger partial charge in [-0.15, -0.1) is 0 Å². The maximum atomic E-state index is 12.2. The summed E-state index contributed by atoms with van der Waals surface area (Å²) in [5.41, 5.74) is 2.89. The minimum Gasteiger partial charge on any atom is -0.319 e. The molecule has 8 heteroatoms. The van der Waals surface area contributed by atoms with Crippen molar-refractivity contribution in [3.8, 4) is 5.95 Å². The number of anilines is 1. The molecule has 0 bridgehead atoms. The normalized spacial score (nSPS) is 10.7. The monoisotopic (exact) mass is 386 g/mol. The van der Waals surface area contributed by atoms with Gasteiger partial charge < -0.3 is 5.32 Å². The van der Waals surface area contributed by atoms with Crippen molar-refractivity contribution in [3.05, 3.63) is 58.1 Å². The van der Waals surface area contributed by atoms with Gasteiger partial charge in [0.15, 0.2) is 0 Å². The Bertz CT molecular complexity index is 903. The first-order chi connectivity index (χ1) is 11.5. The van der Waals surface area contributed by atoms with E-state index in [1.165, 1.54) is 6.20 Å². The van der Waals surface area contributed by atoms with E-state index in [4.69, 9.17) is 0 Å². The molecule has 1 amide bonds. The molecule has 0 spiro atoms. The average molecular weight is 387 g/mol. The van der Waals surface area contributed by atoms with E-state index in [1.807, 2.05) is 25.3 Å². The number of nitrogens with one attached hydrogen (secondary N) is 1. The number of carbonyl (C=O) groups excluding carboxylic acids is 1. The van der Waals surface area contributed by atoms with E-state index < -0.39 is 0 Å². The molecule has 122 valence electrons. The number of hydrogen-bond donors (Lipinski definition) is 1. The van der Waals surface area contributed by atoms with Gasteiger partial charge in [-0.1, -0.05) is 0 Å². The molecule has 0 fully saturated rings. The Morgan fingerprint density at radius 3 is 2.42 bits per heavy atom. The second-order valence-corrected chi connectivity index (χ2v) is 6.20. The quantitative estimate of drug-likeness (QED) is 0.747. The maximum absolute atomic E-state index is 12.2. The zero-order chi connectivity index (χ0) is 17.3. The van der Waals surface area contributed by atoms with Crippen LogP contribution in [0, 0.1) is 20.8 Å². The largest absolute Gasteiger partial charge is 0.319 e. The summed E-state index contributed by atoms with van der Waals surface area (Å²) in [6, 6.07) is 1.69. The van der Waals surface area contributed by atoms with Crippen molar-refractivity contribution in [3.63, 3.8) is 0 Å². The molecule has 0 radical (unpaired) electrons. The Kier molecular flexibility index (Phi) is 4.39. The Labute approximate surface area is 147 Å². The summed E-state index contributed by atoms with van der Waals surface area (Å²) in [5.74, 6) is 1.07. The fourth-order valence-electron chi connectivity index (χ4n) is 2.31. The van der Waals surface area contributed by atoms with Crippen molar-refractivity contribution in [1.82, 2.24) is 24.5 Å². The predicted molar refractivity (Wildman–Crippen MR) is 93.3 cm³/mol. The van der Waals surface area contributed by atoms with Crippen molar-refractivity contribution in [1.29, 1.82) is 0 Å². The fourth-order valence-corrected chi connectivity index (χ4v) is 2.68. The molecule has 0 aliphatic rings. The first-order valence-corrected chi connectivity index (χ1v) is 8.02. The molecule has 0 saturated heterocycles. The lowest BCUT2D eigenvalue weighted by Crippen LogP contribution is -2.13. The lowest BCUT2D eigenvalue weighted by molar-refractivity contribution is 0.102. The Morgan fingerprint density at radius 2 is 1.83 bits per heavy atom. The smallest absolute Gasteiger partial charge is 0.257 e. The van der Waals surface area contributed by atoms with Crippen molar-refractivity contribution in [2.24, 2.45) is 0 Å².